The van der Waals surface area contributed by atoms with Gasteiger partial charge in [-0.05, 0) is 57.3 Å². The van der Waals surface area contributed by atoms with Crippen molar-refractivity contribution >= 4 is 49.3 Å². The molecular formula is C17H11BrFI. The van der Waals surface area contributed by atoms with Gasteiger partial charge in [0.25, 0.3) is 0 Å². The normalized spacial score (nSPS) is 12.6. The third-order valence-corrected chi connectivity index (χ3v) is 5.01. The van der Waals surface area contributed by atoms with Crippen LogP contribution in [0.15, 0.2) is 60.7 Å². The molecule has 100 valence electrons. The van der Waals surface area contributed by atoms with E-state index in [2.05, 4.69) is 56.7 Å². The minimum absolute atomic E-state index is 0.0581. The van der Waals surface area contributed by atoms with Crippen LogP contribution in [-0.4, -0.2) is 0 Å². The van der Waals surface area contributed by atoms with Crippen LogP contribution in [-0.2, 0) is 0 Å². The summed E-state index contributed by atoms with van der Waals surface area (Å²) in [5, 5.41) is 1.62. The van der Waals surface area contributed by atoms with E-state index in [1.54, 1.807) is 6.07 Å². The first-order valence-corrected chi connectivity index (χ1v) is 8.23. The summed E-state index contributed by atoms with van der Waals surface area (Å²) in [6.45, 7) is 0. The van der Waals surface area contributed by atoms with Gasteiger partial charge in [0, 0.05) is 8.96 Å². The number of alkyl halides is 1. The van der Waals surface area contributed by atoms with Gasteiger partial charge < -0.3 is 0 Å². The number of hydrogen-bond acceptors (Lipinski definition) is 0. The Morgan fingerprint density at radius 3 is 2.40 bits per heavy atom. The van der Waals surface area contributed by atoms with Gasteiger partial charge in [-0.1, -0.05) is 58.4 Å². The third-order valence-electron chi connectivity index (χ3n) is 3.32. The zero-order valence-electron chi connectivity index (χ0n) is 10.5. The molecule has 0 radical (unpaired) electrons. The Hall–Kier alpha value is -0.940. The van der Waals surface area contributed by atoms with Crippen LogP contribution in [0.2, 0.25) is 0 Å². The quantitative estimate of drug-likeness (QED) is 0.335. The minimum Gasteiger partial charge on any atom is -0.206 e. The lowest BCUT2D eigenvalue weighted by Crippen LogP contribution is -1.95. The second kappa shape index (κ2) is 5.82. The van der Waals surface area contributed by atoms with Gasteiger partial charge >= 0.3 is 0 Å². The maximum atomic E-state index is 13.9. The van der Waals surface area contributed by atoms with Crippen molar-refractivity contribution in [1.82, 2.24) is 0 Å². The van der Waals surface area contributed by atoms with Crippen molar-refractivity contribution in [3.05, 3.63) is 81.2 Å². The molecule has 3 aromatic rings. The molecule has 0 saturated carbocycles. The van der Waals surface area contributed by atoms with Crippen LogP contribution in [0.1, 0.15) is 16.0 Å². The zero-order valence-corrected chi connectivity index (χ0v) is 14.2. The lowest BCUT2D eigenvalue weighted by molar-refractivity contribution is 0.639. The van der Waals surface area contributed by atoms with Crippen LogP contribution in [0.3, 0.4) is 0 Å². The Kier molecular flexibility index (Phi) is 4.08. The molecule has 0 bridgehead atoms. The molecule has 0 aliphatic heterocycles. The van der Waals surface area contributed by atoms with Gasteiger partial charge in [-0.3, -0.25) is 0 Å². The van der Waals surface area contributed by atoms with E-state index in [-0.39, 0.29) is 10.6 Å². The minimum atomic E-state index is -0.174. The highest BCUT2D eigenvalue weighted by Gasteiger charge is 2.15. The molecule has 3 rings (SSSR count). The van der Waals surface area contributed by atoms with Crippen LogP contribution in [0.4, 0.5) is 4.39 Å². The molecule has 1 atom stereocenters. The van der Waals surface area contributed by atoms with E-state index in [0.29, 0.717) is 5.39 Å². The highest BCUT2D eigenvalue weighted by atomic mass is 127. The summed E-state index contributed by atoms with van der Waals surface area (Å²) in [7, 11) is 0. The van der Waals surface area contributed by atoms with Crippen molar-refractivity contribution in [3.8, 4) is 0 Å². The molecule has 0 N–H and O–H groups in total. The summed E-state index contributed by atoms with van der Waals surface area (Å²) in [6.07, 6.45) is 0. The van der Waals surface area contributed by atoms with Gasteiger partial charge in [0.05, 0.1) is 4.83 Å². The number of benzene rings is 3. The van der Waals surface area contributed by atoms with E-state index >= 15 is 0 Å². The van der Waals surface area contributed by atoms with Crippen molar-refractivity contribution in [2.24, 2.45) is 0 Å². The molecule has 0 amide bonds. The smallest absolute Gasteiger partial charge is 0.131 e. The standard InChI is InChI=1S/C17H11BrFI/c18-17(11-4-3-5-12(20)10-11)15-8-9-16(19)14-7-2-1-6-13(14)15/h1-10,17H. The summed E-state index contributed by atoms with van der Waals surface area (Å²) in [5.41, 5.74) is 2.26. The summed E-state index contributed by atoms with van der Waals surface area (Å²) >= 11 is 6.05. The lowest BCUT2D eigenvalue weighted by atomic mass is 9.98. The summed E-state index contributed by atoms with van der Waals surface area (Å²) in [6, 6.07) is 19.3. The van der Waals surface area contributed by atoms with Crippen molar-refractivity contribution in [3.63, 3.8) is 0 Å². The molecule has 3 aromatic carbocycles. The predicted molar refractivity (Wildman–Crippen MR) is 93.8 cm³/mol. The summed E-state index contributed by atoms with van der Waals surface area (Å²) in [4.78, 5) is 0.0581. The van der Waals surface area contributed by atoms with Crippen molar-refractivity contribution in [2.45, 2.75) is 4.83 Å². The van der Waals surface area contributed by atoms with Crippen LogP contribution < -0.4 is 0 Å². The van der Waals surface area contributed by atoms with E-state index in [4.69, 9.17) is 0 Å². The molecule has 0 nitrogen and oxygen atoms in total. The predicted octanol–water partition coefficient (Wildman–Crippen LogP) is 6.07. The molecule has 0 aliphatic carbocycles. The van der Waals surface area contributed by atoms with Gasteiger partial charge in [0.15, 0.2) is 0 Å². The topological polar surface area (TPSA) is 0 Å². The van der Waals surface area contributed by atoms with E-state index < -0.39 is 0 Å². The largest absolute Gasteiger partial charge is 0.206 e. The fraction of sp³-hybridized carbons (Fsp3) is 0.0588. The van der Waals surface area contributed by atoms with Crippen molar-refractivity contribution in [1.29, 1.82) is 0 Å². The van der Waals surface area contributed by atoms with Crippen LogP contribution >= 0.6 is 38.5 Å². The molecule has 0 fully saturated rings. The molecule has 20 heavy (non-hydrogen) atoms. The zero-order chi connectivity index (χ0) is 14.1. The molecule has 3 heteroatoms. The molecule has 0 aliphatic rings. The monoisotopic (exact) mass is 440 g/mol. The average Bonchev–Trinajstić information content (AvgIpc) is 2.47. The van der Waals surface area contributed by atoms with Crippen LogP contribution in [0, 0.1) is 9.39 Å². The van der Waals surface area contributed by atoms with E-state index in [9.17, 15) is 4.39 Å². The fourth-order valence-electron chi connectivity index (χ4n) is 2.35. The van der Waals surface area contributed by atoms with Crippen LogP contribution in [0.5, 0.6) is 0 Å². The Bertz CT molecular complexity index is 770. The van der Waals surface area contributed by atoms with Gasteiger partial charge in [-0.15, -0.1) is 0 Å². The van der Waals surface area contributed by atoms with Crippen molar-refractivity contribution in [2.75, 3.05) is 0 Å². The van der Waals surface area contributed by atoms with E-state index in [0.717, 1.165) is 10.9 Å². The number of rotatable bonds is 2. The van der Waals surface area contributed by atoms with Gasteiger partial charge in [-0.25, -0.2) is 4.39 Å². The van der Waals surface area contributed by atoms with Crippen LogP contribution in [0.25, 0.3) is 10.8 Å². The Morgan fingerprint density at radius 1 is 0.900 bits per heavy atom. The fourth-order valence-corrected chi connectivity index (χ4v) is 3.60. The lowest BCUT2D eigenvalue weighted by Gasteiger charge is -2.14. The molecule has 0 spiro atoms. The second-order valence-corrected chi connectivity index (χ2v) is 6.76. The SMILES string of the molecule is Fc1ccc(C(Br)c2cccc(I)c2)c2ccccc12. The average molecular weight is 441 g/mol. The molecule has 0 saturated heterocycles. The number of hydrogen-bond donors (Lipinski definition) is 0. The number of halogens is 3. The summed E-state index contributed by atoms with van der Waals surface area (Å²) in [5.74, 6) is -0.174. The highest BCUT2D eigenvalue weighted by Crippen LogP contribution is 2.36. The maximum absolute atomic E-state index is 13.9. The summed E-state index contributed by atoms with van der Waals surface area (Å²) < 4.78 is 15.1. The van der Waals surface area contributed by atoms with Gasteiger partial charge in [-0.2, -0.15) is 0 Å². The van der Waals surface area contributed by atoms with E-state index in [1.807, 2.05) is 36.4 Å². The highest BCUT2D eigenvalue weighted by molar-refractivity contribution is 14.1. The molecule has 0 heterocycles. The first-order valence-electron chi connectivity index (χ1n) is 6.23. The molecule has 1 unspecified atom stereocenters. The van der Waals surface area contributed by atoms with Gasteiger partial charge in [0.2, 0.25) is 0 Å². The third kappa shape index (κ3) is 2.61. The first kappa shape index (κ1) is 14.0. The Labute approximate surface area is 139 Å². The second-order valence-electron chi connectivity index (χ2n) is 4.60. The van der Waals surface area contributed by atoms with Crippen molar-refractivity contribution < 1.29 is 4.39 Å². The molecule has 0 aromatic heterocycles. The van der Waals surface area contributed by atoms with E-state index in [1.165, 1.54) is 9.13 Å². The Balaban J connectivity index is 2.17. The maximum Gasteiger partial charge on any atom is 0.131 e. The first-order chi connectivity index (χ1) is 9.66. The van der Waals surface area contributed by atoms with Gasteiger partial charge in [0.1, 0.15) is 5.82 Å². The number of fused-ring (bicyclic) bond motifs is 1. The Morgan fingerprint density at radius 2 is 1.65 bits per heavy atom. The molecular weight excluding hydrogens is 430 g/mol.